The zero-order chi connectivity index (χ0) is 9.78. The van der Waals surface area contributed by atoms with Crippen LogP contribution in [0.4, 0.5) is 0 Å². The minimum atomic E-state index is 0.447. The minimum Gasteiger partial charge on any atom is -0.379 e. The fourth-order valence-corrected chi connectivity index (χ4v) is 0.705. The van der Waals surface area contributed by atoms with E-state index in [1.807, 2.05) is 12.3 Å². The zero-order valence-corrected chi connectivity index (χ0v) is 8.03. The molecule has 4 nitrogen and oxygen atoms in total. The molecular weight excluding hydrogens is 168 g/mol. The molecule has 13 heavy (non-hydrogen) atoms. The van der Waals surface area contributed by atoms with E-state index in [9.17, 15) is 0 Å². The second kappa shape index (κ2) is 11.1. The number of hydrogen-bond donors (Lipinski definition) is 0. The molecule has 0 aromatic rings. The maximum atomic E-state index is 8.19. The highest BCUT2D eigenvalue weighted by atomic mass is 16.5. The van der Waals surface area contributed by atoms with Gasteiger partial charge in [0.2, 0.25) is 0 Å². The third-order valence-electron chi connectivity index (χ3n) is 1.30. The van der Waals surface area contributed by atoms with Crippen molar-refractivity contribution in [1.29, 1.82) is 5.26 Å². The maximum Gasteiger partial charge on any atom is 0.0700 e. The molecule has 0 aliphatic heterocycles. The highest BCUT2D eigenvalue weighted by Crippen LogP contribution is 1.83. The summed E-state index contributed by atoms with van der Waals surface area (Å²) in [5.74, 6) is 0. The first kappa shape index (κ1) is 12.1. The maximum absolute atomic E-state index is 8.19. The fourth-order valence-electron chi connectivity index (χ4n) is 0.705. The van der Waals surface area contributed by atoms with Crippen LogP contribution in [0.3, 0.4) is 0 Å². The van der Waals surface area contributed by atoms with Crippen molar-refractivity contribution < 1.29 is 9.47 Å². The van der Waals surface area contributed by atoms with Crippen LogP contribution in [-0.2, 0) is 9.47 Å². The lowest BCUT2D eigenvalue weighted by molar-refractivity contribution is 0.0528. The molecule has 0 radical (unpaired) electrons. The Kier molecular flexibility index (Phi) is 10.3. The zero-order valence-electron chi connectivity index (χ0n) is 8.03. The fraction of sp³-hybridized carbons (Fsp3) is 0.778. The number of rotatable bonds is 8. The molecule has 0 saturated heterocycles. The molecule has 74 valence electrons. The molecular formula is C9H16N2O2. The van der Waals surface area contributed by atoms with Gasteiger partial charge in [-0.3, -0.25) is 0 Å². The Morgan fingerprint density at radius 1 is 1.23 bits per heavy atom. The van der Waals surface area contributed by atoms with Gasteiger partial charge in [-0.1, -0.05) is 0 Å². The molecule has 0 aromatic heterocycles. The second-order valence-corrected chi connectivity index (χ2v) is 2.36. The van der Waals surface area contributed by atoms with Crippen molar-refractivity contribution in [2.24, 2.45) is 4.99 Å². The predicted octanol–water partition coefficient (Wildman–Crippen LogP) is 1.02. The van der Waals surface area contributed by atoms with E-state index in [1.54, 1.807) is 7.05 Å². The summed E-state index contributed by atoms with van der Waals surface area (Å²) in [6.07, 6.45) is 3.10. The molecule has 0 atom stereocenters. The highest BCUT2D eigenvalue weighted by Gasteiger charge is 1.88. The van der Waals surface area contributed by atoms with E-state index in [4.69, 9.17) is 14.7 Å². The van der Waals surface area contributed by atoms with Crippen molar-refractivity contribution >= 4 is 6.21 Å². The van der Waals surface area contributed by atoms with Gasteiger partial charge >= 0.3 is 0 Å². The van der Waals surface area contributed by atoms with E-state index >= 15 is 0 Å². The standard InChI is InChI=1S/C9H16N2O2/c1-11-5-3-7-13-9-8-12-6-2-4-10/h5H,2-3,6-9H2,1H3. The molecule has 0 aliphatic carbocycles. The van der Waals surface area contributed by atoms with Gasteiger partial charge in [-0.15, -0.1) is 0 Å². The molecule has 0 heterocycles. The van der Waals surface area contributed by atoms with Crippen LogP contribution < -0.4 is 0 Å². The van der Waals surface area contributed by atoms with Gasteiger partial charge in [-0.25, -0.2) is 0 Å². The van der Waals surface area contributed by atoms with Crippen LogP contribution in [-0.4, -0.2) is 39.7 Å². The van der Waals surface area contributed by atoms with E-state index in [-0.39, 0.29) is 0 Å². The average Bonchev–Trinajstić information content (AvgIpc) is 2.16. The largest absolute Gasteiger partial charge is 0.379 e. The lowest BCUT2D eigenvalue weighted by atomic mass is 10.5. The van der Waals surface area contributed by atoms with Crippen LogP contribution in [0.2, 0.25) is 0 Å². The van der Waals surface area contributed by atoms with Crippen LogP contribution in [0, 0.1) is 11.3 Å². The van der Waals surface area contributed by atoms with Crippen LogP contribution >= 0.6 is 0 Å². The number of hydrogen-bond acceptors (Lipinski definition) is 4. The van der Waals surface area contributed by atoms with Gasteiger partial charge in [0.15, 0.2) is 0 Å². The molecule has 0 fully saturated rings. The summed E-state index contributed by atoms with van der Waals surface area (Å²) in [6.45, 7) is 2.32. The summed E-state index contributed by atoms with van der Waals surface area (Å²) < 4.78 is 10.3. The molecule has 0 unspecified atom stereocenters. The Hall–Kier alpha value is -0.920. The SMILES string of the molecule is CN=CCCOCCOCCC#N. The summed E-state index contributed by atoms with van der Waals surface area (Å²) in [7, 11) is 1.74. The minimum absolute atomic E-state index is 0.447. The van der Waals surface area contributed by atoms with Crippen molar-refractivity contribution in [3.8, 4) is 6.07 Å². The summed E-state index contributed by atoms with van der Waals surface area (Å²) >= 11 is 0. The van der Waals surface area contributed by atoms with Crippen molar-refractivity contribution in [1.82, 2.24) is 0 Å². The molecule has 0 saturated carbocycles. The molecule has 0 amide bonds. The van der Waals surface area contributed by atoms with Crippen LogP contribution in [0.15, 0.2) is 4.99 Å². The smallest absolute Gasteiger partial charge is 0.0700 e. The van der Waals surface area contributed by atoms with Crippen molar-refractivity contribution in [2.75, 3.05) is 33.5 Å². The average molecular weight is 184 g/mol. The van der Waals surface area contributed by atoms with Crippen LogP contribution in [0.25, 0.3) is 0 Å². The molecule has 0 bridgehead atoms. The summed E-state index contributed by atoms with van der Waals surface area (Å²) in [4.78, 5) is 3.82. The Bertz CT molecular complexity index is 163. The topological polar surface area (TPSA) is 54.6 Å². The van der Waals surface area contributed by atoms with Crippen molar-refractivity contribution in [3.63, 3.8) is 0 Å². The Labute approximate surface area is 79.2 Å². The first-order chi connectivity index (χ1) is 6.41. The molecule has 0 aromatic carbocycles. The van der Waals surface area contributed by atoms with Crippen molar-refractivity contribution in [2.45, 2.75) is 12.8 Å². The predicted molar refractivity (Wildman–Crippen MR) is 50.9 cm³/mol. The highest BCUT2D eigenvalue weighted by molar-refractivity contribution is 5.56. The molecule has 4 heteroatoms. The van der Waals surface area contributed by atoms with E-state index in [1.165, 1.54) is 0 Å². The van der Waals surface area contributed by atoms with E-state index in [0.29, 0.717) is 32.8 Å². The first-order valence-electron chi connectivity index (χ1n) is 4.35. The number of nitrogens with zero attached hydrogens (tertiary/aromatic N) is 2. The Morgan fingerprint density at radius 2 is 1.92 bits per heavy atom. The number of ether oxygens (including phenoxy) is 2. The lowest BCUT2D eigenvalue weighted by Gasteiger charge is -2.02. The number of aliphatic imine (C=N–C) groups is 1. The third-order valence-corrected chi connectivity index (χ3v) is 1.30. The monoisotopic (exact) mass is 184 g/mol. The quantitative estimate of drug-likeness (QED) is 0.418. The normalized spacial score (nSPS) is 10.5. The van der Waals surface area contributed by atoms with Crippen LogP contribution in [0.5, 0.6) is 0 Å². The van der Waals surface area contributed by atoms with E-state index in [0.717, 1.165) is 6.42 Å². The van der Waals surface area contributed by atoms with Gasteiger partial charge in [0.05, 0.1) is 38.9 Å². The summed E-state index contributed by atoms with van der Waals surface area (Å²) in [5, 5.41) is 8.19. The van der Waals surface area contributed by atoms with E-state index < -0.39 is 0 Å². The Morgan fingerprint density at radius 3 is 2.54 bits per heavy atom. The van der Waals surface area contributed by atoms with Gasteiger partial charge in [-0.05, 0) is 0 Å². The van der Waals surface area contributed by atoms with Gasteiger partial charge in [0.25, 0.3) is 0 Å². The lowest BCUT2D eigenvalue weighted by Crippen LogP contribution is -2.06. The first-order valence-corrected chi connectivity index (χ1v) is 4.35. The second-order valence-electron chi connectivity index (χ2n) is 2.36. The third kappa shape index (κ3) is 11.1. The molecule has 0 spiro atoms. The molecule has 0 aliphatic rings. The number of nitriles is 1. The van der Waals surface area contributed by atoms with Gasteiger partial charge < -0.3 is 14.5 Å². The Balaban J connectivity index is 2.88. The summed E-state index contributed by atoms with van der Waals surface area (Å²) in [6, 6.07) is 2.00. The van der Waals surface area contributed by atoms with Crippen LogP contribution in [0.1, 0.15) is 12.8 Å². The summed E-state index contributed by atoms with van der Waals surface area (Å²) in [5.41, 5.74) is 0. The molecule has 0 rings (SSSR count). The van der Waals surface area contributed by atoms with Gasteiger partial charge in [0.1, 0.15) is 0 Å². The van der Waals surface area contributed by atoms with E-state index in [2.05, 4.69) is 4.99 Å². The van der Waals surface area contributed by atoms with Crippen molar-refractivity contribution in [3.05, 3.63) is 0 Å². The molecule has 0 N–H and O–H groups in total. The van der Waals surface area contributed by atoms with Gasteiger partial charge in [0, 0.05) is 19.7 Å². The van der Waals surface area contributed by atoms with Gasteiger partial charge in [-0.2, -0.15) is 5.26 Å².